The van der Waals surface area contributed by atoms with E-state index in [2.05, 4.69) is 24.1 Å². The molecule has 1 fully saturated rings. The molecule has 2 aromatic rings. The first-order valence-corrected chi connectivity index (χ1v) is 10.3. The normalized spacial score (nSPS) is 17.0. The molecule has 0 saturated carbocycles. The van der Waals surface area contributed by atoms with E-state index in [1.54, 1.807) is 14.2 Å². The standard InChI is InChI=1S/C24H32N2O3/c1-25-15-8-11-20(17-25)18-26(16-14-19-9-5-4-6-10-19)24(27)21-12-7-13-22(28-2)23(21)29-3/h4-7,9-10,12-13,20H,8,11,14-18H2,1-3H3/t20-/m1/s1. The Kier molecular flexibility index (Phi) is 7.53. The Hall–Kier alpha value is -2.53. The van der Waals surface area contributed by atoms with Gasteiger partial charge in [-0.15, -0.1) is 0 Å². The van der Waals surface area contributed by atoms with Crippen LogP contribution in [-0.2, 0) is 6.42 Å². The molecule has 29 heavy (non-hydrogen) atoms. The Morgan fingerprint density at radius 2 is 1.90 bits per heavy atom. The van der Waals surface area contributed by atoms with Crippen LogP contribution in [0.4, 0.5) is 0 Å². The lowest BCUT2D eigenvalue weighted by atomic mass is 9.97. The molecule has 1 aliphatic rings. The van der Waals surface area contributed by atoms with Crippen LogP contribution >= 0.6 is 0 Å². The highest BCUT2D eigenvalue weighted by molar-refractivity contribution is 5.97. The van der Waals surface area contributed by atoms with Crippen molar-refractivity contribution in [1.82, 2.24) is 9.80 Å². The molecule has 5 heteroatoms. The highest BCUT2D eigenvalue weighted by Crippen LogP contribution is 2.32. The fourth-order valence-electron chi connectivity index (χ4n) is 4.14. The molecule has 156 valence electrons. The van der Waals surface area contributed by atoms with Crippen LogP contribution in [0.3, 0.4) is 0 Å². The van der Waals surface area contributed by atoms with Crippen LogP contribution in [0.25, 0.3) is 0 Å². The van der Waals surface area contributed by atoms with Crippen molar-refractivity contribution in [2.24, 2.45) is 5.92 Å². The Morgan fingerprint density at radius 1 is 1.10 bits per heavy atom. The topological polar surface area (TPSA) is 42.0 Å². The molecule has 3 rings (SSSR count). The fraction of sp³-hybridized carbons (Fsp3) is 0.458. The maximum Gasteiger partial charge on any atom is 0.257 e. The summed E-state index contributed by atoms with van der Waals surface area (Å²) in [7, 11) is 5.34. The van der Waals surface area contributed by atoms with Gasteiger partial charge in [-0.25, -0.2) is 0 Å². The first kappa shape index (κ1) is 21.2. The average molecular weight is 397 g/mol. The quantitative estimate of drug-likeness (QED) is 0.682. The van der Waals surface area contributed by atoms with Gasteiger partial charge < -0.3 is 19.3 Å². The molecule has 0 N–H and O–H groups in total. The second kappa shape index (κ2) is 10.3. The van der Waals surface area contributed by atoms with Crippen LogP contribution in [-0.4, -0.2) is 63.2 Å². The predicted octanol–water partition coefficient (Wildman–Crippen LogP) is 3.73. The highest BCUT2D eigenvalue weighted by Gasteiger charge is 2.26. The summed E-state index contributed by atoms with van der Waals surface area (Å²) < 4.78 is 10.9. The summed E-state index contributed by atoms with van der Waals surface area (Å²) in [6.07, 6.45) is 3.18. The number of rotatable bonds is 8. The molecular formula is C24H32N2O3. The summed E-state index contributed by atoms with van der Waals surface area (Å²) in [5, 5.41) is 0. The monoisotopic (exact) mass is 396 g/mol. The van der Waals surface area contributed by atoms with Crippen molar-refractivity contribution in [3.8, 4) is 11.5 Å². The molecule has 0 aliphatic carbocycles. The number of para-hydroxylation sites is 1. The van der Waals surface area contributed by atoms with Crippen molar-refractivity contribution in [3.05, 3.63) is 59.7 Å². The number of hydrogen-bond donors (Lipinski definition) is 0. The van der Waals surface area contributed by atoms with Gasteiger partial charge in [0.25, 0.3) is 5.91 Å². The summed E-state index contributed by atoms with van der Waals surface area (Å²) in [6.45, 7) is 3.61. The van der Waals surface area contributed by atoms with E-state index in [0.717, 1.165) is 32.5 Å². The number of carbonyl (C=O) groups excluding carboxylic acids is 1. The van der Waals surface area contributed by atoms with Crippen LogP contribution in [0.2, 0.25) is 0 Å². The molecule has 1 saturated heterocycles. The molecule has 2 aromatic carbocycles. The number of benzene rings is 2. The third kappa shape index (κ3) is 5.51. The molecule has 1 atom stereocenters. The molecule has 0 radical (unpaired) electrons. The van der Waals surface area contributed by atoms with Crippen LogP contribution in [0.5, 0.6) is 11.5 Å². The van der Waals surface area contributed by atoms with Gasteiger partial charge in [0.15, 0.2) is 11.5 Å². The number of nitrogens with zero attached hydrogens (tertiary/aromatic N) is 2. The zero-order valence-electron chi connectivity index (χ0n) is 17.8. The van der Waals surface area contributed by atoms with Crippen molar-refractivity contribution in [1.29, 1.82) is 0 Å². The van der Waals surface area contributed by atoms with E-state index in [1.165, 1.54) is 12.0 Å². The lowest BCUT2D eigenvalue weighted by Gasteiger charge is -2.34. The maximum atomic E-state index is 13.5. The zero-order chi connectivity index (χ0) is 20.6. The predicted molar refractivity (Wildman–Crippen MR) is 116 cm³/mol. The fourth-order valence-corrected chi connectivity index (χ4v) is 4.14. The largest absolute Gasteiger partial charge is 0.493 e. The van der Waals surface area contributed by atoms with Crippen molar-refractivity contribution in [3.63, 3.8) is 0 Å². The third-order valence-electron chi connectivity index (χ3n) is 5.63. The van der Waals surface area contributed by atoms with E-state index in [-0.39, 0.29) is 5.91 Å². The lowest BCUT2D eigenvalue weighted by Crippen LogP contribution is -2.42. The molecule has 1 aliphatic heterocycles. The van der Waals surface area contributed by atoms with E-state index < -0.39 is 0 Å². The Labute approximate surface area is 174 Å². The Morgan fingerprint density at radius 3 is 2.59 bits per heavy atom. The van der Waals surface area contributed by atoms with Gasteiger partial charge in [0, 0.05) is 19.6 Å². The van der Waals surface area contributed by atoms with E-state index in [1.807, 2.05) is 41.3 Å². The summed E-state index contributed by atoms with van der Waals surface area (Å²) in [5.74, 6) is 1.58. The van der Waals surface area contributed by atoms with Gasteiger partial charge in [0.05, 0.1) is 19.8 Å². The van der Waals surface area contributed by atoms with Gasteiger partial charge in [-0.1, -0.05) is 36.4 Å². The van der Waals surface area contributed by atoms with Gasteiger partial charge in [-0.3, -0.25) is 4.79 Å². The van der Waals surface area contributed by atoms with E-state index in [0.29, 0.717) is 29.5 Å². The van der Waals surface area contributed by atoms with Crippen molar-refractivity contribution < 1.29 is 14.3 Å². The minimum absolute atomic E-state index is 0.00454. The SMILES string of the molecule is COc1cccc(C(=O)N(CCc2ccccc2)C[C@@H]2CCCN(C)C2)c1OC. The van der Waals surface area contributed by atoms with Crippen molar-refractivity contribution in [2.75, 3.05) is 47.4 Å². The Bertz CT molecular complexity index is 794. The third-order valence-corrected chi connectivity index (χ3v) is 5.63. The molecule has 0 spiro atoms. The summed E-state index contributed by atoms with van der Waals surface area (Å²) in [6, 6.07) is 15.8. The van der Waals surface area contributed by atoms with E-state index >= 15 is 0 Å². The molecule has 0 bridgehead atoms. The molecule has 5 nitrogen and oxygen atoms in total. The van der Waals surface area contributed by atoms with E-state index in [9.17, 15) is 4.79 Å². The minimum Gasteiger partial charge on any atom is -0.493 e. The van der Waals surface area contributed by atoms with Crippen LogP contribution in [0.15, 0.2) is 48.5 Å². The van der Waals surface area contributed by atoms with E-state index in [4.69, 9.17) is 9.47 Å². The molecule has 1 heterocycles. The Balaban J connectivity index is 1.82. The number of methoxy groups -OCH3 is 2. The molecule has 0 aromatic heterocycles. The smallest absolute Gasteiger partial charge is 0.257 e. The number of piperidine rings is 1. The number of carbonyl (C=O) groups is 1. The number of amides is 1. The number of likely N-dealkylation sites (tertiary alicyclic amines) is 1. The van der Waals surface area contributed by atoms with Crippen LogP contribution in [0, 0.1) is 5.92 Å². The lowest BCUT2D eigenvalue weighted by molar-refractivity contribution is 0.0689. The first-order chi connectivity index (χ1) is 14.1. The van der Waals surface area contributed by atoms with Crippen LogP contribution in [0.1, 0.15) is 28.8 Å². The van der Waals surface area contributed by atoms with Gasteiger partial charge in [0.1, 0.15) is 0 Å². The molecule has 1 amide bonds. The average Bonchev–Trinajstić information content (AvgIpc) is 2.76. The second-order valence-electron chi connectivity index (χ2n) is 7.80. The van der Waals surface area contributed by atoms with Crippen molar-refractivity contribution in [2.45, 2.75) is 19.3 Å². The molecule has 0 unspecified atom stereocenters. The van der Waals surface area contributed by atoms with Gasteiger partial charge in [-0.05, 0) is 56.5 Å². The number of ether oxygens (including phenoxy) is 2. The summed E-state index contributed by atoms with van der Waals surface area (Å²) in [5.41, 5.74) is 1.80. The first-order valence-electron chi connectivity index (χ1n) is 10.3. The molecular weight excluding hydrogens is 364 g/mol. The van der Waals surface area contributed by atoms with Gasteiger partial charge in [0.2, 0.25) is 0 Å². The minimum atomic E-state index is 0.00454. The number of hydrogen-bond acceptors (Lipinski definition) is 4. The van der Waals surface area contributed by atoms with Crippen molar-refractivity contribution >= 4 is 5.91 Å². The summed E-state index contributed by atoms with van der Waals surface area (Å²) >= 11 is 0. The van der Waals surface area contributed by atoms with Gasteiger partial charge >= 0.3 is 0 Å². The second-order valence-corrected chi connectivity index (χ2v) is 7.80. The zero-order valence-corrected chi connectivity index (χ0v) is 17.8. The van der Waals surface area contributed by atoms with Crippen LogP contribution < -0.4 is 9.47 Å². The summed E-state index contributed by atoms with van der Waals surface area (Å²) in [4.78, 5) is 17.9. The maximum absolute atomic E-state index is 13.5. The highest BCUT2D eigenvalue weighted by atomic mass is 16.5. The van der Waals surface area contributed by atoms with Gasteiger partial charge in [-0.2, -0.15) is 0 Å².